The molecule has 1 amide bonds. The third-order valence-corrected chi connectivity index (χ3v) is 3.22. The lowest BCUT2D eigenvalue weighted by molar-refractivity contribution is -0.111. The SMILES string of the molecule is Cc1c(NC(=O)/C=C\c2ccco2)n[nH]c1C1CC1. The van der Waals surface area contributed by atoms with Crippen LogP contribution in [0.3, 0.4) is 0 Å². The van der Waals surface area contributed by atoms with Crippen molar-refractivity contribution in [3.8, 4) is 0 Å². The highest BCUT2D eigenvalue weighted by atomic mass is 16.3. The number of nitrogens with zero attached hydrogens (tertiary/aromatic N) is 1. The number of nitrogens with one attached hydrogen (secondary N) is 2. The van der Waals surface area contributed by atoms with E-state index >= 15 is 0 Å². The van der Waals surface area contributed by atoms with Gasteiger partial charge in [0, 0.05) is 23.3 Å². The van der Waals surface area contributed by atoms with Gasteiger partial charge in [-0.05, 0) is 38.0 Å². The van der Waals surface area contributed by atoms with E-state index in [1.807, 2.05) is 6.92 Å². The minimum absolute atomic E-state index is 0.214. The van der Waals surface area contributed by atoms with Crippen molar-refractivity contribution in [1.82, 2.24) is 10.2 Å². The lowest BCUT2D eigenvalue weighted by atomic mass is 10.2. The molecule has 3 rings (SSSR count). The molecule has 19 heavy (non-hydrogen) atoms. The maximum absolute atomic E-state index is 11.8. The summed E-state index contributed by atoms with van der Waals surface area (Å²) in [7, 11) is 0. The van der Waals surface area contributed by atoms with Crippen LogP contribution < -0.4 is 5.32 Å². The Balaban J connectivity index is 1.66. The van der Waals surface area contributed by atoms with Crippen LogP contribution in [-0.4, -0.2) is 16.1 Å². The predicted molar refractivity (Wildman–Crippen MR) is 71.7 cm³/mol. The van der Waals surface area contributed by atoms with E-state index in [4.69, 9.17) is 4.42 Å². The molecule has 2 heterocycles. The van der Waals surface area contributed by atoms with Gasteiger partial charge in [0.15, 0.2) is 5.82 Å². The van der Waals surface area contributed by atoms with E-state index in [1.54, 1.807) is 24.5 Å². The Hall–Kier alpha value is -2.30. The van der Waals surface area contributed by atoms with Gasteiger partial charge in [0.05, 0.1) is 6.26 Å². The van der Waals surface area contributed by atoms with Gasteiger partial charge in [-0.3, -0.25) is 9.89 Å². The highest BCUT2D eigenvalue weighted by Crippen LogP contribution is 2.41. The van der Waals surface area contributed by atoms with Crippen LogP contribution in [-0.2, 0) is 4.79 Å². The largest absolute Gasteiger partial charge is 0.465 e. The number of aromatic amines is 1. The Labute approximate surface area is 110 Å². The molecule has 5 nitrogen and oxygen atoms in total. The zero-order valence-electron chi connectivity index (χ0n) is 10.6. The second kappa shape index (κ2) is 4.76. The molecule has 0 aromatic carbocycles. The van der Waals surface area contributed by atoms with E-state index in [-0.39, 0.29) is 5.91 Å². The molecule has 2 aromatic heterocycles. The fraction of sp³-hybridized carbons (Fsp3) is 0.286. The number of amides is 1. The zero-order chi connectivity index (χ0) is 13.2. The summed E-state index contributed by atoms with van der Waals surface area (Å²) in [6.45, 7) is 1.98. The number of carbonyl (C=O) groups excluding carboxylic acids is 1. The van der Waals surface area contributed by atoms with Gasteiger partial charge in [-0.25, -0.2) is 0 Å². The van der Waals surface area contributed by atoms with Crippen molar-refractivity contribution in [2.45, 2.75) is 25.7 Å². The first-order chi connectivity index (χ1) is 9.24. The summed E-state index contributed by atoms with van der Waals surface area (Å²) in [6.07, 6.45) is 7.03. The summed E-state index contributed by atoms with van der Waals surface area (Å²) in [6, 6.07) is 3.56. The molecule has 0 aliphatic heterocycles. The number of H-pyrrole nitrogens is 1. The molecule has 0 atom stereocenters. The summed E-state index contributed by atoms with van der Waals surface area (Å²) in [4.78, 5) is 11.8. The van der Waals surface area contributed by atoms with Gasteiger partial charge < -0.3 is 9.73 Å². The van der Waals surface area contributed by atoms with Gasteiger partial charge in [-0.1, -0.05) is 0 Å². The number of rotatable bonds is 4. The molecule has 1 aliphatic carbocycles. The van der Waals surface area contributed by atoms with E-state index in [9.17, 15) is 4.79 Å². The van der Waals surface area contributed by atoms with Crippen LogP contribution in [0.15, 0.2) is 28.9 Å². The molecule has 1 aliphatic rings. The van der Waals surface area contributed by atoms with Crippen LogP contribution in [0.1, 0.15) is 35.8 Å². The number of anilines is 1. The molecule has 0 radical (unpaired) electrons. The second-order valence-electron chi connectivity index (χ2n) is 4.72. The van der Waals surface area contributed by atoms with Crippen molar-refractivity contribution < 1.29 is 9.21 Å². The van der Waals surface area contributed by atoms with E-state index in [1.165, 1.54) is 18.9 Å². The van der Waals surface area contributed by atoms with Crippen LogP contribution in [0.2, 0.25) is 0 Å². The topological polar surface area (TPSA) is 70.9 Å². The molecule has 5 heteroatoms. The van der Waals surface area contributed by atoms with Crippen LogP contribution >= 0.6 is 0 Å². The number of aromatic nitrogens is 2. The van der Waals surface area contributed by atoms with Gasteiger partial charge in [-0.15, -0.1) is 0 Å². The molecule has 0 spiro atoms. The first kappa shape index (κ1) is 11.8. The van der Waals surface area contributed by atoms with Crippen molar-refractivity contribution in [1.29, 1.82) is 0 Å². The standard InChI is InChI=1S/C14H15N3O2/c1-9-13(10-4-5-10)16-17-14(9)15-12(18)7-6-11-3-2-8-19-11/h2-3,6-8,10H,4-5H2,1H3,(H2,15,16,17,18)/b7-6-. The van der Waals surface area contributed by atoms with Crippen molar-refractivity contribution >= 4 is 17.8 Å². The zero-order valence-corrected chi connectivity index (χ0v) is 10.6. The van der Waals surface area contributed by atoms with E-state index < -0.39 is 0 Å². The average molecular weight is 257 g/mol. The predicted octanol–water partition coefficient (Wildman–Crippen LogP) is 2.84. The third-order valence-electron chi connectivity index (χ3n) is 3.22. The Bertz CT molecular complexity index is 607. The van der Waals surface area contributed by atoms with Crippen LogP contribution in [0.25, 0.3) is 6.08 Å². The monoisotopic (exact) mass is 257 g/mol. The number of hydrogen-bond acceptors (Lipinski definition) is 3. The lowest BCUT2D eigenvalue weighted by Crippen LogP contribution is -2.09. The van der Waals surface area contributed by atoms with Crippen molar-refractivity contribution in [3.63, 3.8) is 0 Å². The third kappa shape index (κ3) is 2.59. The summed E-state index contributed by atoms with van der Waals surface area (Å²) in [5.41, 5.74) is 2.17. The van der Waals surface area contributed by atoms with Gasteiger partial charge in [0.1, 0.15) is 5.76 Å². The average Bonchev–Trinajstić information content (AvgIpc) is 2.98. The highest BCUT2D eigenvalue weighted by Gasteiger charge is 2.28. The van der Waals surface area contributed by atoms with Crippen molar-refractivity contribution in [3.05, 3.63) is 41.5 Å². The number of hydrogen-bond donors (Lipinski definition) is 2. The Morgan fingerprint density at radius 2 is 2.42 bits per heavy atom. The quantitative estimate of drug-likeness (QED) is 0.827. The lowest BCUT2D eigenvalue weighted by Gasteiger charge is -1.99. The second-order valence-corrected chi connectivity index (χ2v) is 4.72. The first-order valence-electron chi connectivity index (χ1n) is 6.31. The molecule has 1 saturated carbocycles. The first-order valence-corrected chi connectivity index (χ1v) is 6.31. The molecule has 2 aromatic rings. The summed E-state index contributed by atoms with van der Waals surface area (Å²) in [5.74, 6) is 1.63. The van der Waals surface area contributed by atoms with E-state index in [2.05, 4.69) is 15.5 Å². The van der Waals surface area contributed by atoms with Gasteiger partial charge in [-0.2, -0.15) is 5.10 Å². The van der Waals surface area contributed by atoms with Gasteiger partial charge in [0.25, 0.3) is 0 Å². The maximum Gasteiger partial charge on any atom is 0.249 e. The molecule has 1 fully saturated rings. The molecule has 98 valence electrons. The number of carbonyl (C=O) groups is 1. The Morgan fingerprint density at radius 3 is 3.11 bits per heavy atom. The Morgan fingerprint density at radius 1 is 1.58 bits per heavy atom. The maximum atomic E-state index is 11.8. The van der Waals surface area contributed by atoms with Crippen LogP contribution in [0.4, 0.5) is 5.82 Å². The summed E-state index contributed by atoms with van der Waals surface area (Å²) in [5, 5.41) is 9.92. The van der Waals surface area contributed by atoms with Crippen LogP contribution in [0.5, 0.6) is 0 Å². The molecule has 0 saturated heterocycles. The Kier molecular flexibility index (Phi) is 2.95. The molecule has 0 bridgehead atoms. The minimum Gasteiger partial charge on any atom is -0.465 e. The smallest absolute Gasteiger partial charge is 0.249 e. The molecule has 2 N–H and O–H groups in total. The fourth-order valence-electron chi connectivity index (χ4n) is 2.00. The molecular formula is C14H15N3O2. The highest BCUT2D eigenvalue weighted by molar-refractivity contribution is 6.01. The van der Waals surface area contributed by atoms with E-state index in [0.29, 0.717) is 17.5 Å². The normalized spacial score (nSPS) is 15.0. The number of furan rings is 1. The van der Waals surface area contributed by atoms with Crippen LogP contribution in [0, 0.1) is 6.92 Å². The summed E-state index contributed by atoms with van der Waals surface area (Å²) >= 11 is 0. The van der Waals surface area contributed by atoms with Gasteiger partial charge >= 0.3 is 0 Å². The molecular weight excluding hydrogens is 242 g/mol. The fourth-order valence-corrected chi connectivity index (χ4v) is 2.00. The van der Waals surface area contributed by atoms with Gasteiger partial charge in [0.2, 0.25) is 5.91 Å². The minimum atomic E-state index is -0.214. The van der Waals surface area contributed by atoms with Crippen molar-refractivity contribution in [2.24, 2.45) is 0 Å². The van der Waals surface area contributed by atoms with Crippen molar-refractivity contribution in [2.75, 3.05) is 5.32 Å². The van der Waals surface area contributed by atoms with E-state index in [0.717, 1.165) is 11.3 Å². The summed E-state index contributed by atoms with van der Waals surface area (Å²) < 4.78 is 5.11. The molecule has 0 unspecified atom stereocenters.